The van der Waals surface area contributed by atoms with Crippen molar-refractivity contribution in [2.24, 2.45) is 17.8 Å². The molecule has 4 heterocycles. The molecule has 6 rings (SSSR count). The van der Waals surface area contributed by atoms with E-state index in [1.807, 2.05) is 71.0 Å². The Balaban J connectivity index is 1.40. The number of nitrogens with zero attached hydrogens (tertiary/aromatic N) is 1. The van der Waals surface area contributed by atoms with Crippen LogP contribution in [0, 0.1) is 17.8 Å². The molecule has 0 aliphatic carbocycles. The summed E-state index contributed by atoms with van der Waals surface area (Å²) >= 11 is 0. The van der Waals surface area contributed by atoms with Crippen molar-refractivity contribution < 1.29 is 58.4 Å². The normalized spacial score (nSPS) is 39.7. The van der Waals surface area contributed by atoms with Crippen LogP contribution in [0.25, 0.3) is 0 Å². The molecule has 13 nitrogen and oxygen atoms in total. The number of rotatable bonds is 13. The summed E-state index contributed by atoms with van der Waals surface area (Å²) < 4.78 is 46.0. The van der Waals surface area contributed by atoms with E-state index in [1.54, 1.807) is 27.7 Å². The number of cyclic esters (lactones) is 1. The second kappa shape index (κ2) is 19.7. The third-order valence-corrected chi connectivity index (χ3v) is 14.2. The molecular weight excluding hydrogens is 795 g/mol. The Morgan fingerprint density at radius 1 is 0.919 bits per heavy atom. The Morgan fingerprint density at radius 2 is 1.52 bits per heavy atom. The molecule has 62 heavy (non-hydrogen) atoms. The average Bonchev–Trinajstić information content (AvgIpc) is 3.56. The van der Waals surface area contributed by atoms with Gasteiger partial charge in [-0.25, -0.2) is 0 Å². The molecule has 0 saturated carbocycles. The molecule has 3 fully saturated rings. The van der Waals surface area contributed by atoms with Gasteiger partial charge in [0, 0.05) is 45.0 Å². The van der Waals surface area contributed by atoms with Gasteiger partial charge in [-0.3, -0.25) is 9.69 Å². The molecule has 0 spiro atoms. The Bertz CT molecular complexity index is 1770. The molecule has 5 unspecified atom stereocenters. The highest BCUT2D eigenvalue weighted by molar-refractivity contribution is 5.73. The standard InChI is InChI=1S/C49H73NO12/c1-12-37(51)49(10,55)44-30(4)40-28(2)24-48(9,62-40)43(31(5)41(32(6)45(54)60-44)59-38-25-47(8,56-11)42(53)33(7)58-38)61-46-39(52)36(23-29(3)57-46)50(26-34-19-15-13-16-20-34)27-35-21-17-14-18-22-35/h13-22,29-33,36-39,41-44,46,51-53,55H,12,23-27H2,1-11H3/t29?,30-,31-,32+,33?,36?,37-,38-,39?,41-,42-,43+,44+,46-,47?,48+,49+/m0/s1. The summed E-state index contributed by atoms with van der Waals surface area (Å²) in [7, 11) is 1.53. The number of carbonyl (C=O) groups is 1. The van der Waals surface area contributed by atoms with Crippen LogP contribution in [0.4, 0.5) is 0 Å². The molecule has 3 saturated heterocycles. The van der Waals surface area contributed by atoms with Gasteiger partial charge in [-0.2, -0.15) is 0 Å². The van der Waals surface area contributed by atoms with E-state index in [4.69, 9.17) is 33.2 Å². The summed E-state index contributed by atoms with van der Waals surface area (Å²) in [5.41, 5.74) is -0.855. The van der Waals surface area contributed by atoms with Gasteiger partial charge in [0.05, 0.1) is 41.9 Å². The van der Waals surface area contributed by atoms with Crippen molar-refractivity contribution in [3.05, 3.63) is 83.1 Å². The molecule has 0 aromatic heterocycles. The Morgan fingerprint density at radius 3 is 2.08 bits per heavy atom. The fourth-order valence-electron chi connectivity index (χ4n) is 10.5. The van der Waals surface area contributed by atoms with Crippen molar-refractivity contribution in [2.75, 3.05) is 7.11 Å². The highest BCUT2D eigenvalue weighted by Gasteiger charge is 2.57. The summed E-state index contributed by atoms with van der Waals surface area (Å²) in [6, 6.07) is 20.0. The first-order valence-electron chi connectivity index (χ1n) is 22.6. The van der Waals surface area contributed by atoms with Crippen LogP contribution < -0.4 is 0 Å². The topological polar surface area (TPSA) is 166 Å². The zero-order valence-electron chi connectivity index (χ0n) is 38.6. The number of esters is 1. The van der Waals surface area contributed by atoms with Crippen LogP contribution in [0.2, 0.25) is 0 Å². The highest BCUT2D eigenvalue weighted by Crippen LogP contribution is 2.48. The van der Waals surface area contributed by atoms with Crippen molar-refractivity contribution in [1.29, 1.82) is 0 Å². The minimum atomic E-state index is -1.85. The lowest BCUT2D eigenvalue weighted by Gasteiger charge is -2.49. The van der Waals surface area contributed by atoms with Crippen LogP contribution in [0.5, 0.6) is 0 Å². The van der Waals surface area contributed by atoms with E-state index < -0.39 is 95.8 Å². The second-order valence-electron chi connectivity index (χ2n) is 19.3. The van der Waals surface area contributed by atoms with Crippen molar-refractivity contribution in [2.45, 2.75) is 192 Å². The molecule has 0 amide bonds. The fraction of sp³-hybridized carbons (Fsp3) is 0.694. The predicted octanol–water partition coefficient (Wildman–Crippen LogP) is 6.03. The van der Waals surface area contributed by atoms with E-state index in [0.717, 1.165) is 16.7 Å². The minimum absolute atomic E-state index is 0.156. The SMILES string of the molecule is CC[C@H](O)[C@@](C)(O)[C@@H]1OC(=O)[C@H](C)[C@@H](O[C@H]2CC(C)(OC)[C@@H](O)C(C)O2)[C@H](C)[C@@H](O[C@@H]2OC(C)CC(N(Cc3ccccc3)Cc3ccccc3)C2O)[C@@]2(C)CC(C)=C(O2)[C@@H]1C. The molecule has 17 atom stereocenters. The van der Waals surface area contributed by atoms with Gasteiger partial charge < -0.3 is 53.6 Å². The first kappa shape index (κ1) is 48.5. The summed E-state index contributed by atoms with van der Waals surface area (Å²) in [5, 5.41) is 46.6. The van der Waals surface area contributed by atoms with Crippen LogP contribution in [0.1, 0.15) is 106 Å². The molecule has 13 heteroatoms. The molecule has 346 valence electrons. The molecule has 4 N–H and O–H groups in total. The van der Waals surface area contributed by atoms with Gasteiger partial charge in [0.2, 0.25) is 0 Å². The molecule has 4 aliphatic rings. The number of fused-ring (bicyclic) bond motifs is 2. The number of methoxy groups -OCH3 is 1. The molecule has 2 bridgehead atoms. The zero-order chi connectivity index (χ0) is 45.3. The smallest absolute Gasteiger partial charge is 0.311 e. The van der Waals surface area contributed by atoms with E-state index in [0.29, 0.717) is 31.7 Å². The van der Waals surface area contributed by atoms with Crippen molar-refractivity contribution in [3.8, 4) is 0 Å². The largest absolute Gasteiger partial charge is 0.488 e. The first-order chi connectivity index (χ1) is 29.2. The van der Waals surface area contributed by atoms with E-state index in [9.17, 15) is 25.2 Å². The van der Waals surface area contributed by atoms with Crippen LogP contribution in [-0.2, 0) is 51.0 Å². The van der Waals surface area contributed by atoms with E-state index in [1.165, 1.54) is 14.0 Å². The first-order valence-corrected chi connectivity index (χ1v) is 22.6. The summed E-state index contributed by atoms with van der Waals surface area (Å²) in [4.78, 5) is 16.9. The number of ether oxygens (including phenoxy) is 7. The minimum Gasteiger partial charge on any atom is -0.488 e. The average molecular weight is 868 g/mol. The Hall–Kier alpha value is -2.95. The Kier molecular flexibility index (Phi) is 15.4. The van der Waals surface area contributed by atoms with Crippen molar-refractivity contribution in [1.82, 2.24) is 4.90 Å². The van der Waals surface area contributed by atoms with Gasteiger partial charge in [0.15, 0.2) is 12.6 Å². The number of benzene rings is 2. The third kappa shape index (κ3) is 10.1. The van der Waals surface area contributed by atoms with Crippen LogP contribution in [-0.4, -0.2) is 123 Å². The molecule has 0 radical (unpaired) electrons. The zero-order valence-corrected chi connectivity index (χ0v) is 38.6. The lowest BCUT2D eigenvalue weighted by Crippen LogP contribution is -2.60. The van der Waals surface area contributed by atoms with Crippen molar-refractivity contribution >= 4 is 5.97 Å². The van der Waals surface area contributed by atoms with Crippen molar-refractivity contribution in [3.63, 3.8) is 0 Å². The quantitative estimate of drug-likeness (QED) is 0.173. The monoisotopic (exact) mass is 868 g/mol. The number of carbonyl (C=O) groups excluding carboxylic acids is 1. The van der Waals surface area contributed by atoms with Gasteiger partial charge in [-0.1, -0.05) is 81.4 Å². The van der Waals surface area contributed by atoms with Crippen LogP contribution >= 0.6 is 0 Å². The van der Waals surface area contributed by atoms with Crippen LogP contribution in [0.15, 0.2) is 72.0 Å². The number of hydrogen-bond acceptors (Lipinski definition) is 13. The maximum absolute atomic E-state index is 14.6. The van der Waals surface area contributed by atoms with Gasteiger partial charge >= 0.3 is 5.97 Å². The van der Waals surface area contributed by atoms with Crippen LogP contribution in [0.3, 0.4) is 0 Å². The molecule has 2 aromatic rings. The number of aliphatic hydroxyl groups is 4. The van der Waals surface area contributed by atoms with Gasteiger partial charge in [-0.15, -0.1) is 0 Å². The van der Waals surface area contributed by atoms with Gasteiger partial charge in [0.1, 0.15) is 41.4 Å². The fourth-order valence-corrected chi connectivity index (χ4v) is 10.5. The second-order valence-corrected chi connectivity index (χ2v) is 19.3. The molecule has 2 aromatic carbocycles. The maximum atomic E-state index is 14.6. The van der Waals surface area contributed by atoms with Gasteiger partial charge in [0.25, 0.3) is 0 Å². The van der Waals surface area contributed by atoms with E-state index in [-0.39, 0.29) is 25.0 Å². The third-order valence-electron chi connectivity index (χ3n) is 14.2. The van der Waals surface area contributed by atoms with E-state index >= 15 is 0 Å². The molecule has 4 aliphatic heterocycles. The van der Waals surface area contributed by atoms with Gasteiger partial charge in [-0.05, 0) is 78.0 Å². The summed E-state index contributed by atoms with van der Waals surface area (Å²) in [6.07, 6.45) is -7.89. The predicted molar refractivity (Wildman–Crippen MR) is 232 cm³/mol. The number of aliphatic hydroxyl groups excluding tert-OH is 3. The maximum Gasteiger partial charge on any atom is 0.311 e. The summed E-state index contributed by atoms with van der Waals surface area (Å²) in [6.45, 7) is 19.3. The lowest BCUT2D eigenvalue weighted by atomic mass is 9.78. The highest BCUT2D eigenvalue weighted by atomic mass is 16.7. The summed E-state index contributed by atoms with van der Waals surface area (Å²) in [5.74, 6) is -2.40. The molecular formula is C49H73NO12. The van der Waals surface area contributed by atoms with E-state index in [2.05, 4.69) is 29.2 Å². The number of hydrogen-bond donors (Lipinski definition) is 4. The Labute approximate surface area is 368 Å². The lowest BCUT2D eigenvalue weighted by molar-refractivity contribution is -0.317.